The van der Waals surface area contributed by atoms with E-state index in [1.165, 1.54) is 32.1 Å². The van der Waals surface area contributed by atoms with Gasteiger partial charge in [-0.15, -0.1) is 0 Å². The van der Waals surface area contributed by atoms with Crippen LogP contribution in [0.3, 0.4) is 0 Å². The van der Waals surface area contributed by atoms with Crippen molar-refractivity contribution in [1.82, 2.24) is 24.8 Å². The number of imidazole rings is 1. The van der Waals surface area contributed by atoms with E-state index in [2.05, 4.69) is 39.1 Å². The highest BCUT2D eigenvalue weighted by atomic mass is 16.5. The number of nitrogens with one attached hydrogen (secondary N) is 1. The third-order valence-corrected chi connectivity index (χ3v) is 6.82. The predicted molar refractivity (Wildman–Crippen MR) is 123 cm³/mol. The molecule has 1 N–H and O–H groups in total. The Balaban J connectivity index is 1.50. The number of hydrogen-bond donors (Lipinski definition) is 1. The van der Waals surface area contributed by atoms with E-state index >= 15 is 0 Å². The van der Waals surface area contributed by atoms with Crippen molar-refractivity contribution in [3.63, 3.8) is 0 Å². The van der Waals surface area contributed by atoms with Gasteiger partial charge in [0.15, 0.2) is 5.65 Å². The average Bonchev–Trinajstić information content (AvgIpc) is 3.19. The number of ether oxygens (including phenoxy) is 1. The van der Waals surface area contributed by atoms with Gasteiger partial charge in [0.1, 0.15) is 17.4 Å². The van der Waals surface area contributed by atoms with Crippen LogP contribution in [0.15, 0.2) is 30.3 Å². The van der Waals surface area contributed by atoms with Crippen LogP contribution in [0, 0.1) is 12.8 Å². The molecular weight excluding hydrogens is 386 g/mol. The highest BCUT2D eigenvalue weighted by Gasteiger charge is 2.22. The monoisotopic (exact) mass is 419 g/mol. The van der Waals surface area contributed by atoms with Crippen molar-refractivity contribution in [3.8, 4) is 17.4 Å². The second kappa shape index (κ2) is 9.35. The maximum atomic E-state index is 6.24. The summed E-state index contributed by atoms with van der Waals surface area (Å²) in [5, 5.41) is 3.47. The number of benzene rings is 1. The molecule has 2 fully saturated rings. The molecule has 31 heavy (non-hydrogen) atoms. The van der Waals surface area contributed by atoms with Crippen LogP contribution in [0.1, 0.15) is 57.1 Å². The van der Waals surface area contributed by atoms with E-state index < -0.39 is 0 Å². The first kappa shape index (κ1) is 20.4. The molecule has 0 atom stereocenters. The van der Waals surface area contributed by atoms with Gasteiger partial charge in [-0.3, -0.25) is 0 Å². The molecule has 1 aliphatic carbocycles. The topological polar surface area (TPSA) is 64.9 Å². The number of rotatable bonds is 6. The van der Waals surface area contributed by atoms with Gasteiger partial charge in [0.05, 0.1) is 5.69 Å². The summed E-state index contributed by atoms with van der Waals surface area (Å²) in [4.78, 5) is 14.6. The molecule has 2 aliphatic rings. The molecule has 1 saturated heterocycles. The Kier molecular flexibility index (Phi) is 6.16. The molecule has 1 aromatic carbocycles. The fourth-order valence-electron chi connectivity index (χ4n) is 5.00. The summed E-state index contributed by atoms with van der Waals surface area (Å²) in [6.45, 7) is 5.20. The van der Waals surface area contributed by atoms with Gasteiger partial charge in [-0.1, -0.05) is 36.8 Å². The van der Waals surface area contributed by atoms with Crippen LogP contribution < -0.4 is 10.1 Å². The van der Waals surface area contributed by atoms with Gasteiger partial charge >= 0.3 is 6.01 Å². The summed E-state index contributed by atoms with van der Waals surface area (Å²) in [5.41, 5.74) is 3.82. The van der Waals surface area contributed by atoms with E-state index in [0.717, 1.165) is 73.1 Å². The van der Waals surface area contributed by atoms with Crippen molar-refractivity contribution >= 4 is 11.2 Å². The van der Waals surface area contributed by atoms with E-state index in [1.54, 1.807) is 0 Å². The lowest BCUT2D eigenvalue weighted by atomic mass is 9.95. The third kappa shape index (κ3) is 4.59. The minimum Gasteiger partial charge on any atom is -0.460 e. The summed E-state index contributed by atoms with van der Waals surface area (Å²) in [7, 11) is 0. The first-order chi connectivity index (χ1) is 15.3. The Morgan fingerprint density at radius 3 is 2.52 bits per heavy atom. The normalized spacial score (nSPS) is 18.5. The van der Waals surface area contributed by atoms with Gasteiger partial charge in [-0.05, 0) is 70.9 Å². The smallest absolute Gasteiger partial charge is 0.319 e. The second-order valence-corrected chi connectivity index (χ2v) is 9.08. The summed E-state index contributed by atoms with van der Waals surface area (Å²) < 4.78 is 8.54. The Labute approximate surface area is 184 Å². The lowest BCUT2D eigenvalue weighted by molar-refractivity contribution is 0.142. The van der Waals surface area contributed by atoms with Crippen molar-refractivity contribution in [2.75, 3.05) is 13.1 Å². The second-order valence-electron chi connectivity index (χ2n) is 9.08. The molecule has 6 heteroatoms. The van der Waals surface area contributed by atoms with Crippen LogP contribution in [-0.4, -0.2) is 38.7 Å². The Morgan fingerprint density at radius 2 is 1.74 bits per heavy atom. The maximum absolute atomic E-state index is 6.24. The van der Waals surface area contributed by atoms with Crippen LogP contribution in [0.5, 0.6) is 6.01 Å². The van der Waals surface area contributed by atoms with Crippen LogP contribution in [0.2, 0.25) is 0 Å². The molecule has 3 heterocycles. The molecule has 0 unspecified atom stereocenters. The van der Waals surface area contributed by atoms with Crippen molar-refractivity contribution in [2.45, 2.75) is 70.9 Å². The van der Waals surface area contributed by atoms with E-state index in [-0.39, 0.29) is 6.10 Å². The fraction of sp³-hybridized carbons (Fsp3) is 0.560. The molecule has 6 nitrogen and oxygen atoms in total. The van der Waals surface area contributed by atoms with Gasteiger partial charge in [0.2, 0.25) is 0 Å². The highest BCUT2D eigenvalue weighted by molar-refractivity contribution is 5.79. The van der Waals surface area contributed by atoms with Crippen LogP contribution >= 0.6 is 0 Å². The van der Waals surface area contributed by atoms with Crippen LogP contribution in [0.25, 0.3) is 22.6 Å². The maximum Gasteiger partial charge on any atom is 0.319 e. The lowest BCUT2D eigenvalue weighted by Crippen LogP contribution is -2.28. The minimum atomic E-state index is 0.241. The Hall–Kier alpha value is -2.47. The van der Waals surface area contributed by atoms with E-state index in [0.29, 0.717) is 6.01 Å². The van der Waals surface area contributed by atoms with E-state index in [4.69, 9.17) is 14.7 Å². The predicted octanol–water partition coefficient (Wildman–Crippen LogP) is 4.90. The first-order valence-corrected chi connectivity index (χ1v) is 12.0. The zero-order valence-electron chi connectivity index (χ0n) is 18.5. The molecule has 1 saturated carbocycles. The number of aromatic nitrogens is 4. The molecule has 0 amide bonds. The molecule has 0 spiro atoms. The molecule has 1 aliphatic heterocycles. The molecule has 3 aromatic rings. The summed E-state index contributed by atoms with van der Waals surface area (Å²) in [6, 6.07) is 11.0. The highest BCUT2D eigenvalue weighted by Crippen LogP contribution is 2.29. The average molecular weight is 420 g/mol. The number of hydrogen-bond acceptors (Lipinski definition) is 5. The molecule has 164 valence electrons. The largest absolute Gasteiger partial charge is 0.460 e. The van der Waals surface area contributed by atoms with Gasteiger partial charge in [0, 0.05) is 12.1 Å². The molecule has 2 aromatic heterocycles. The van der Waals surface area contributed by atoms with Gasteiger partial charge in [0.25, 0.3) is 0 Å². The molecule has 5 rings (SSSR count). The van der Waals surface area contributed by atoms with Gasteiger partial charge in [-0.25, -0.2) is 4.98 Å². The first-order valence-electron chi connectivity index (χ1n) is 12.0. The zero-order valence-corrected chi connectivity index (χ0v) is 18.5. The number of fused-ring (bicyclic) bond motifs is 1. The zero-order chi connectivity index (χ0) is 21.0. The third-order valence-electron chi connectivity index (χ3n) is 6.82. The van der Waals surface area contributed by atoms with Crippen molar-refractivity contribution in [2.24, 2.45) is 5.92 Å². The van der Waals surface area contributed by atoms with Gasteiger partial charge < -0.3 is 14.6 Å². The number of aryl methyl sites for hydroxylation is 2. The van der Waals surface area contributed by atoms with Crippen LogP contribution in [-0.2, 0) is 6.54 Å². The molecule has 0 radical (unpaired) electrons. The number of piperidine rings is 1. The quantitative estimate of drug-likeness (QED) is 0.615. The SMILES string of the molecule is Cc1nc(OC2CCCCC2)nc2c1nc(-c1ccccc1)n2CCC1CCNCC1. The van der Waals surface area contributed by atoms with E-state index in [1.807, 2.05) is 13.0 Å². The summed E-state index contributed by atoms with van der Waals surface area (Å²) >= 11 is 0. The van der Waals surface area contributed by atoms with Crippen molar-refractivity contribution < 1.29 is 4.74 Å². The molecule has 0 bridgehead atoms. The standard InChI is InChI=1S/C25H33N5O/c1-18-22-24(29-25(27-18)31-21-10-6-3-7-11-21)30(17-14-19-12-15-26-16-13-19)23(28-22)20-8-4-2-5-9-20/h2,4-5,8-9,19,21,26H,3,6-7,10-17H2,1H3. The van der Waals surface area contributed by atoms with Crippen LogP contribution in [0.4, 0.5) is 0 Å². The lowest BCUT2D eigenvalue weighted by Gasteiger charge is -2.23. The molecular formula is C25H33N5O. The van der Waals surface area contributed by atoms with Crippen molar-refractivity contribution in [3.05, 3.63) is 36.0 Å². The fourth-order valence-corrected chi connectivity index (χ4v) is 5.00. The Bertz CT molecular complexity index is 1000. The summed E-state index contributed by atoms with van der Waals surface area (Å²) in [5.74, 6) is 1.74. The Morgan fingerprint density at radius 1 is 0.968 bits per heavy atom. The van der Waals surface area contributed by atoms with Gasteiger partial charge in [-0.2, -0.15) is 9.97 Å². The van der Waals surface area contributed by atoms with Crippen molar-refractivity contribution in [1.29, 1.82) is 0 Å². The van der Waals surface area contributed by atoms with E-state index in [9.17, 15) is 0 Å². The number of nitrogens with zero attached hydrogens (tertiary/aromatic N) is 4. The minimum absolute atomic E-state index is 0.241. The summed E-state index contributed by atoms with van der Waals surface area (Å²) in [6.07, 6.45) is 9.86.